The third-order valence-corrected chi connectivity index (χ3v) is 7.58. The molecule has 11 heteroatoms. The molecule has 1 aromatic heterocycles. The number of carboxylic acid groups (broad SMARTS) is 1. The molecule has 0 aliphatic heterocycles. The van der Waals surface area contributed by atoms with Crippen LogP contribution in [0, 0.1) is 11.8 Å². The Morgan fingerprint density at radius 1 is 0.860 bits per heavy atom. The summed E-state index contributed by atoms with van der Waals surface area (Å²) in [6.07, 6.45) is 2.89. The van der Waals surface area contributed by atoms with Gasteiger partial charge >= 0.3 is 5.97 Å². The summed E-state index contributed by atoms with van der Waals surface area (Å²) in [5, 5.41) is 28.4. The van der Waals surface area contributed by atoms with Crippen LogP contribution in [-0.4, -0.2) is 63.1 Å². The molecule has 0 saturated carbocycles. The number of nitrogens with one attached hydrogen (secondary N) is 4. The zero-order valence-electron chi connectivity index (χ0n) is 25.1. The smallest absolute Gasteiger partial charge is 0.326 e. The number of amides is 3. The van der Waals surface area contributed by atoms with E-state index in [0.29, 0.717) is 12.0 Å². The van der Waals surface area contributed by atoms with Crippen molar-refractivity contribution in [2.45, 2.75) is 77.5 Å². The normalized spacial score (nSPS) is 14.8. The number of nitrogens with two attached hydrogens (primary N) is 1. The van der Waals surface area contributed by atoms with E-state index in [4.69, 9.17) is 5.73 Å². The van der Waals surface area contributed by atoms with E-state index in [9.17, 15) is 29.4 Å². The molecule has 0 fully saturated rings. The van der Waals surface area contributed by atoms with Crippen LogP contribution in [0.5, 0.6) is 5.75 Å². The van der Waals surface area contributed by atoms with Crippen molar-refractivity contribution in [2.24, 2.45) is 17.6 Å². The number of benzene rings is 2. The molecular weight excluding hydrogens is 550 g/mol. The van der Waals surface area contributed by atoms with Crippen molar-refractivity contribution in [1.82, 2.24) is 20.9 Å². The highest BCUT2D eigenvalue weighted by Crippen LogP contribution is 2.19. The Balaban J connectivity index is 1.80. The average Bonchev–Trinajstić information content (AvgIpc) is 3.37. The van der Waals surface area contributed by atoms with Gasteiger partial charge in [-0.15, -0.1) is 0 Å². The van der Waals surface area contributed by atoms with Crippen molar-refractivity contribution in [3.8, 4) is 5.75 Å². The molecule has 0 aliphatic carbocycles. The number of phenolic OH excluding ortho intramolecular Hbond substituents is 1. The number of hydrogen-bond acceptors (Lipinski definition) is 6. The summed E-state index contributed by atoms with van der Waals surface area (Å²) >= 11 is 0. The Bertz CT molecular complexity index is 1400. The Morgan fingerprint density at radius 3 is 2.12 bits per heavy atom. The van der Waals surface area contributed by atoms with E-state index in [-0.39, 0.29) is 36.8 Å². The van der Waals surface area contributed by atoms with E-state index in [1.165, 1.54) is 12.1 Å². The minimum atomic E-state index is -1.15. The quantitative estimate of drug-likeness (QED) is 0.141. The number of hydrogen-bond donors (Lipinski definition) is 7. The second-order valence-electron chi connectivity index (χ2n) is 11.5. The molecule has 0 saturated heterocycles. The molecule has 3 aromatic rings. The van der Waals surface area contributed by atoms with E-state index in [2.05, 4.69) is 20.9 Å². The molecule has 3 amide bonds. The van der Waals surface area contributed by atoms with E-state index in [1.54, 1.807) is 25.3 Å². The van der Waals surface area contributed by atoms with E-state index in [0.717, 1.165) is 16.5 Å². The first kappa shape index (κ1) is 33.1. The predicted molar refractivity (Wildman–Crippen MR) is 164 cm³/mol. The van der Waals surface area contributed by atoms with Crippen molar-refractivity contribution in [3.05, 3.63) is 65.9 Å². The number of carbonyl (C=O) groups excluding carboxylic acids is 3. The maximum absolute atomic E-state index is 13.7. The lowest BCUT2D eigenvalue weighted by Crippen LogP contribution is -2.58. The Kier molecular flexibility index (Phi) is 11.7. The highest BCUT2D eigenvalue weighted by atomic mass is 16.4. The van der Waals surface area contributed by atoms with Gasteiger partial charge in [-0.2, -0.15) is 0 Å². The summed E-state index contributed by atoms with van der Waals surface area (Å²) in [4.78, 5) is 55.2. The molecule has 43 heavy (non-hydrogen) atoms. The topological polar surface area (TPSA) is 187 Å². The minimum absolute atomic E-state index is 0.00216. The summed E-state index contributed by atoms with van der Waals surface area (Å²) in [6, 6.07) is 9.68. The highest BCUT2D eigenvalue weighted by molar-refractivity contribution is 5.94. The summed E-state index contributed by atoms with van der Waals surface area (Å²) in [5.41, 5.74) is 8.73. The van der Waals surface area contributed by atoms with Gasteiger partial charge in [0, 0.05) is 23.5 Å². The number of aliphatic carboxylic acids is 1. The van der Waals surface area contributed by atoms with Crippen molar-refractivity contribution in [3.63, 3.8) is 0 Å². The molecule has 8 N–H and O–H groups in total. The lowest BCUT2D eigenvalue weighted by atomic mass is 9.97. The zero-order valence-corrected chi connectivity index (χ0v) is 25.1. The highest BCUT2D eigenvalue weighted by Gasteiger charge is 2.32. The summed E-state index contributed by atoms with van der Waals surface area (Å²) in [5.74, 6) is -3.19. The second kappa shape index (κ2) is 15.2. The molecule has 0 aliphatic rings. The SMILES string of the molecule is CCC(C)C(NC(=O)C(CC(C)C)NC(=O)C(Cc1ccc(O)cc1)NC(=O)C(N)Cc1c[nH]c2ccccc12)C(=O)O. The Hall–Kier alpha value is -4.38. The predicted octanol–water partition coefficient (Wildman–Crippen LogP) is 2.62. The van der Waals surface area contributed by atoms with Gasteiger partial charge in [0.15, 0.2) is 0 Å². The molecule has 232 valence electrons. The molecule has 0 spiro atoms. The molecule has 0 bridgehead atoms. The average molecular weight is 594 g/mol. The number of fused-ring (bicyclic) bond motifs is 1. The minimum Gasteiger partial charge on any atom is -0.508 e. The number of carbonyl (C=O) groups is 4. The van der Waals surface area contributed by atoms with Crippen LogP contribution < -0.4 is 21.7 Å². The number of para-hydroxylation sites is 1. The van der Waals surface area contributed by atoms with Crippen molar-refractivity contribution in [2.75, 3.05) is 0 Å². The molecule has 3 rings (SSSR count). The van der Waals surface area contributed by atoms with E-state index >= 15 is 0 Å². The van der Waals surface area contributed by atoms with Crippen LogP contribution in [0.1, 0.15) is 51.7 Å². The first-order valence-corrected chi connectivity index (χ1v) is 14.6. The van der Waals surface area contributed by atoms with Crippen molar-refractivity contribution < 1.29 is 29.4 Å². The number of carboxylic acids is 1. The lowest BCUT2D eigenvalue weighted by Gasteiger charge is -2.27. The first-order chi connectivity index (χ1) is 20.4. The molecule has 1 heterocycles. The van der Waals surface area contributed by atoms with Gasteiger partial charge in [-0.25, -0.2) is 4.79 Å². The number of H-pyrrole nitrogens is 1. The number of aromatic hydroxyl groups is 1. The lowest BCUT2D eigenvalue weighted by molar-refractivity contribution is -0.144. The third-order valence-electron chi connectivity index (χ3n) is 7.58. The molecule has 11 nitrogen and oxygen atoms in total. The maximum Gasteiger partial charge on any atom is 0.326 e. The maximum atomic E-state index is 13.7. The monoisotopic (exact) mass is 593 g/mol. The van der Waals surface area contributed by atoms with Gasteiger partial charge < -0.3 is 36.9 Å². The van der Waals surface area contributed by atoms with Crippen LogP contribution in [-0.2, 0) is 32.0 Å². The van der Waals surface area contributed by atoms with Crippen molar-refractivity contribution in [1.29, 1.82) is 0 Å². The Labute approximate surface area is 251 Å². The van der Waals surface area contributed by atoms with Crippen LogP contribution >= 0.6 is 0 Å². The summed E-state index contributed by atoms with van der Waals surface area (Å²) in [6.45, 7) is 7.34. The Morgan fingerprint density at radius 2 is 1.49 bits per heavy atom. The molecule has 0 radical (unpaired) electrons. The second-order valence-corrected chi connectivity index (χ2v) is 11.5. The summed E-state index contributed by atoms with van der Waals surface area (Å²) < 4.78 is 0. The van der Waals surface area contributed by atoms with Crippen LogP contribution in [0.2, 0.25) is 0 Å². The van der Waals surface area contributed by atoms with Gasteiger partial charge in [-0.1, -0.05) is 64.4 Å². The molecule has 5 unspecified atom stereocenters. The number of phenols is 1. The fourth-order valence-corrected chi connectivity index (χ4v) is 4.90. The van der Waals surface area contributed by atoms with Gasteiger partial charge in [0.05, 0.1) is 6.04 Å². The first-order valence-electron chi connectivity index (χ1n) is 14.6. The van der Waals surface area contributed by atoms with Crippen molar-refractivity contribution >= 4 is 34.6 Å². The largest absolute Gasteiger partial charge is 0.508 e. The fourth-order valence-electron chi connectivity index (χ4n) is 4.90. The van der Waals surface area contributed by atoms with E-state index in [1.807, 2.05) is 45.0 Å². The van der Waals surface area contributed by atoms with Crippen LogP contribution in [0.25, 0.3) is 10.9 Å². The van der Waals surface area contributed by atoms with Crippen LogP contribution in [0.4, 0.5) is 0 Å². The molecule has 2 aromatic carbocycles. The third kappa shape index (κ3) is 9.31. The van der Waals surface area contributed by atoms with Gasteiger partial charge in [0.25, 0.3) is 0 Å². The van der Waals surface area contributed by atoms with Gasteiger partial charge in [0.2, 0.25) is 17.7 Å². The van der Waals surface area contributed by atoms with Gasteiger partial charge in [-0.3, -0.25) is 14.4 Å². The van der Waals surface area contributed by atoms with E-state index < -0.39 is 47.9 Å². The molecular formula is C32H43N5O6. The summed E-state index contributed by atoms with van der Waals surface area (Å²) in [7, 11) is 0. The number of rotatable bonds is 15. The fraction of sp³-hybridized carbons (Fsp3) is 0.438. The number of aromatic amines is 1. The van der Waals surface area contributed by atoms with Gasteiger partial charge in [0.1, 0.15) is 23.9 Å². The van der Waals surface area contributed by atoms with Crippen LogP contribution in [0.3, 0.4) is 0 Å². The molecule has 5 atom stereocenters. The standard InChI is InChI=1S/C32H43N5O6/c1-5-19(4)28(32(42)43)37-31(41)26(14-18(2)3)36-30(40)27(15-20-10-12-22(38)13-11-20)35-29(39)24(33)16-21-17-34-25-9-7-6-8-23(21)25/h6-13,17-19,24,26-28,34,38H,5,14-16,33H2,1-4H3,(H,35,39)(H,36,40)(H,37,41)(H,42,43). The number of aromatic nitrogens is 1. The van der Waals surface area contributed by atoms with Crippen LogP contribution in [0.15, 0.2) is 54.7 Å². The van der Waals surface area contributed by atoms with Gasteiger partial charge in [-0.05, 0) is 54.0 Å². The zero-order chi connectivity index (χ0) is 31.7.